The van der Waals surface area contributed by atoms with Gasteiger partial charge in [-0.25, -0.2) is 4.98 Å². The minimum atomic E-state index is -0.347. The maximum absolute atomic E-state index is 11.4. The molecule has 3 rings (SSSR count). The van der Waals surface area contributed by atoms with E-state index in [0.29, 0.717) is 23.7 Å². The van der Waals surface area contributed by atoms with E-state index < -0.39 is 0 Å². The minimum Gasteiger partial charge on any atom is -0.465 e. The van der Waals surface area contributed by atoms with Gasteiger partial charge in [0.1, 0.15) is 12.2 Å². The molecule has 1 aliphatic carbocycles. The first kappa shape index (κ1) is 20.8. The van der Waals surface area contributed by atoms with Gasteiger partial charge >= 0.3 is 5.97 Å². The Kier molecular flexibility index (Phi) is 6.85. The van der Waals surface area contributed by atoms with E-state index in [4.69, 9.17) is 10.1 Å². The summed E-state index contributed by atoms with van der Waals surface area (Å²) in [6.45, 7) is 5.45. The first-order valence-corrected chi connectivity index (χ1v) is 10.2. The predicted octanol–water partition coefficient (Wildman–Crippen LogP) is 3.46. The van der Waals surface area contributed by atoms with Gasteiger partial charge in [0, 0.05) is 36.7 Å². The second-order valence-electron chi connectivity index (χ2n) is 7.84. The van der Waals surface area contributed by atoms with Gasteiger partial charge in [0.2, 0.25) is 5.95 Å². The average molecular weight is 399 g/mol. The molecule has 2 aromatic heterocycles. The fraction of sp³-hybridized carbons (Fsp3) is 0.524. The molecule has 0 unspecified atom stereocenters. The number of esters is 1. The topological polar surface area (TPSA) is 105 Å². The number of rotatable bonds is 9. The molecule has 1 saturated carbocycles. The first-order chi connectivity index (χ1) is 14.0. The Bertz CT molecular complexity index is 882. The summed E-state index contributed by atoms with van der Waals surface area (Å²) in [6.07, 6.45) is 13.0. The number of carbonyl (C=O) groups excluding carboxylic acids is 1. The van der Waals surface area contributed by atoms with Gasteiger partial charge in [-0.1, -0.05) is 26.2 Å². The summed E-state index contributed by atoms with van der Waals surface area (Å²) in [6, 6.07) is 2.04. The highest BCUT2D eigenvalue weighted by Gasteiger charge is 2.27. The molecule has 0 amide bonds. The maximum atomic E-state index is 11.4. The molecule has 8 heteroatoms. The summed E-state index contributed by atoms with van der Waals surface area (Å²) in [4.78, 5) is 20.4. The van der Waals surface area contributed by atoms with Crippen molar-refractivity contribution in [2.75, 3.05) is 18.5 Å². The molecule has 0 radical (unpaired) electrons. The summed E-state index contributed by atoms with van der Waals surface area (Å²) >= 11 is 0. The third-order valence-electron chi connectivity index (χ3n) is 5.34. The lowest BCUT2D eigenvalue weighted by molar-refractivity contribution is -0.141. The van der Waals surface area contributed by atoms with Crippen LogP contribution in [0.1, 0.15) is 46.0 Å². The molecular weight excluding hydrogens is 368 g/mol. The zero-order chi connectivity index (χ0) is 20.7. The van der Waals surface area contributed by atoms with Gasteiger partial charge in [-0.3, -0.25) is 4.79 Å². The molecular formula is C21H30N6O2. The van der Waals surface area contributed by atoms with Gasteiger partial charge < -0.3 is 25.3 Å². The summed E-state index contributed by atoms with van der Waals surface area (Å²) < 4.78 is 7.07. The highest BCUT2D eigenvalue weighted by Crippen LogP contribution is 2.37. The molecule has 2 heterocycles. The van der Waals surface area contributed by atoms with Crippen LogP contribution in [0, 0.1) is 10.8 Å². The highest BCUT2D eigenvalue weighted by molar-refractivity contribution is 5.81. The second-order valence-corrected chi connectivity index (χ2v) is 7.84. The second kappa shape index (κ2) is 9.54. The molecule has 0 bridgehead atoms. The SMILES string of the molecule is CCOC(=O)CN/C=C(\C=N)Nc1ncc2ccn(CC3(C)CCCCC3)c2n1. The van der Waals surface area contributed by atoms with Gasteiger partial charge in [-0.05, 0) is 31.2 Å². The average Bonchev–Trinajstić information content (AvgIpc) is 3.09. The number of carbonyl (C=O) groups is 1. The number of allylic oxidation sites excluding steroid dienone is 1. The lowest BCUT2D eigenvalue weighted by atomic mass is 9.75. The fourth-order valence-corrected chi connectivity index (χ4v) is 3.83. The standard InChI is InChI=1S/C21H30N6O2/c1-3-29-18(28)14-23-13-17(11-22)25-20-24-12-16-7-10-27(19(16)26-20)15-21(2)8-5-4-6-9-21/h7,10-13,22-23H,3-6,8-9,14-15H2,1-2H3,(H,24,25,26)/b17-13+,22-11?. The zero-order valence-electron chi connectivity index (χ0n) is 17.2. The van der Waals surface area contributed by atoms with Gasteiger partial charge in [-0.2, -0.15) is 4.98 Å². The lowest BCUT2D eigenvalue weighted by Crippen LogP contribution is -2.26. The third kappa shape index (κ3) is 5.56. The Morgan fingerprint density at radius 3 is 2.90 bits per heavy atom. The maximum Gasteiger partial charge on any atom is 0.325 e. The van der Waals surface area contributed by atoms with Gasteiger partial charge in [0.25, 0.3) is 0 Å². The monoisotopic (exact) mass is 398 g/mol. The Morgan fingerprint density at radius 1 is 1.38 bits per heavy atom. The third-order valence-corrected chi connectivity index (χ3v) is 5.34. The molecule has 0 aliphatic heterocycles. The van der Waals surface area contributed by atoms with Crippen LogP contribution in [-0.4, -0.2) is 39.9 Å². The minimum absolute atomic E-state index is 0.0359. The largest absolute Gasteiger partial charge is 0.465 e. The van der Waals surface area contributed by atoms with Crippen molar-refractivity contribution in [2.24, 2.45) is 5.41 Å². The number of fused-ring (bicyclic) bond motifs is 1. The Morgan fingerprint density at radius 2 is 2.17 bits per heavy atom. The van der Waals surface area contributed by atoms with Crippen LogP contribution in [0.5, 0.6) is 0 Å². The predicted molar refractivity (Wildman–Crippen MR) is 114 cm³/mol. The van der Waals surface area contributed by atoms with Crippen LogP contribution in [0.15, 0.2) is 30.4 Å². The number of ether oxygens (including phenoxy) is 1. The molecule has 0 spiro atoms. The van der Waals surface area contributed by atoms with Crippen LogP contribution in [0.3, 0.4) is 0 Å². The van der Waals surface area contributed by atoms with E-state index in [1.807, 2.05) is 6.07 Å². The summed E-state index contributed by atoms with van der Waals surface area (Å²) in [5.74, 6) is 0.0683. The van der Waals surface area contributed by atoms with Gasteiger partial charge in [-0.15, -0.1) is 0 Å². The Balaban J connectivity index is 1.71. The molecule has 0 saturated heterocycles. The molecule has 0 aromatic carbocycles. The van der Waals surface area contributed by atoms with E-state index in [2.05, 4.69) is 38.3 Å². The molecule has 29 heavy (non-hydrogen) atoms. The number of nitrogens with zero attached hydrogens (tertiary/aromatic N) is 3. The molecule has 156 valence electrons. The van der Waals surface area contributed by atoms with E-state index in [-0.39, 0.29) is 12.5 Å². The molecule has 8 nitrogen and oxygen atoms in total. The van der Waals surface area contributed by atoms with E-state index >= 15 is 0 Å². The van der Waals surface area contributed by atoms with Gasteiger partial charge in [0.15, 0.2) is 0 Å². The number of anilines is 1. The van der Waals surface area contributed by atoms with Crippen molar-refractivity contribution in [1.29, 1.82) is 5.41 Å². The van der Waals surface area contributed by atoms with Crippen LogP contribution in [0.2, 0.25) is 0 Å². The number of hydrogen-bond donors (Lipinski definition) is 3. The van der Waals surface area contributed by atoms with Gasteiger partial charge in [0.05, 0.1) is 12.3 Å². The normalized spacial score (nSPS) is 16.4. The lowest BCUT2D eigenvalue weighted by Gasteiger charge is -2.34. The molecule has 2 aromatic rings. The molecule has 3 N–H and O–H groups in total. The molecule has 1 aliphatic rings. The van der Waals surface area contributed by atoms with Crippen molar-refractivity contribution in [3.8, 4) is 0 Å². The molecule has 1 fully saturated rings. The van der Waals surface area contributed by atoms with Crippen molar-refractivity contribution in [3.05, 3.63) is 30.4 Å². The van der Waals surface area contributed by atoms with E-state index in [9.17, 15) is 4.79 Å². The Labute approximate surface area is 171 Å². The van der Waals surface area contributed by atoms with Crippen LogP contribution in [0.25, 0.3) is 11.0 Å². The van der Waals surface area contributed by atoms with E-state index in [0.717, 1.165) is 23.8 Å². The number of nitrogens with one attached hydrogen (secondary N) is 3. The summed E-state index contributed by atoms with van der Waals surface area (Å²) in [5.41, 5.74) is 1.64. The summed E-state index contributed by atoms with van der Waals surface area (Å²) in [5, 5.41) is 14.4. The zero-order valence-corrected chi connectivity index (χ0v) is 17.2. The Hall–Kier alpha value is -2.90. The first-order valence-electron chi connectivity index (χ1n) is 10.2. The van der Waals surface area contributed by atoms with Crippen LogP contribution in [0.4, 0.5) is 5.95 Å². The van der Waals surface area contributed by atoms with E-state index in [1.165, 1.54) is 32.1 Å². The van der Waals surface area contributed by atoms with Crippen LogP contribution < -0.4 is 10.6 Å². The van der Waals surface area contributed by atoms with Crippen molar-refractivity contribution in [1.82, 2.24) is 19.9 Å². The summed E-state index contributed by atoms with van der Waals surface area (Å²) in [7, 11) is 0. The van der Waals surface area contributed by atoms with Crippen LogP contribution >= 0.6 is 0 Å². The number of hydrogen-bond acceptors (Lipinski definition) is 7. The van der Waals surface area contributed by atoms with Crippen molar-refractivity contribution < 1.29 is 9.53 Å². The van der Waals surface area contributed by atoms with E-state index in [1.54, 1.807) is 19.3 Å². The quantitative estimate of drug-likeness (QED) is 0.441. The van der Waals surface area contributed by atoms with Crippen molar-refractivity contribution in [3.63, 3.8) is 0 Å². The number of aromatic nitrogens is 3. The van der Waals surface area contributed by atoms with Crippen LogP contribution in [-0.2, 0) is 16.1 Å². The fourth-order valence-electron chi connectivity index (χ4n) is 3.83. The molecule has 0 atom stereocenters. The van der Waals surface area contributed by atoms with Crippen molar-refractivity contribution >= 4 is 29.2 Å². The smallest absolute Gasteiger partial charge is 0.325 e. The highest BCUT2D eigenvalue weighted by atomic mass is 16.5. The van der Waals surface area contributed by atoms with Crippen molar-refractivity contribution in [2.45, 2.75) is 52.5 Å².